The molecule has 1 saturated heterocycles. The second-order valence-electron chi connectivity index (χ2n) is 11.1. The van der Waals surface area contributed by atoms with Crippen LogP contribution in [0.15, 0.2) is 54.7 Å². The minimum Gasteiger partial charge on any atom is -0.475 e. The largest absolute Gasteiger partial charge is 0.490 e. The molecule has 2 atom stereocenters. The zero-order valence-electron chi connectivity index (χ0n) is 23.7. The molecule has 0 bridgehead atoms. The Morgan fingerprint density at radius 1 is 1.09 bits per heavy atom. The van der Waals surface area contributed by atoms with E-state index in [2.05, 4.69) is 43.2 Å². The highest BCUT2D eigenvalue weighted by molar-refractivity contribution is 6.10. The number of aromatic nitrogens is 3. The molecular formula is C30H27F5N6O4. The van der Waals surface area contributed by atoms with Gasteiger partial charge in [-0.1, -0.05) is 12.1 Å². The van der Waals surface area contributed by atoms with Crippen molar-refractivity contribution in [1.82, 2.24) is 20.1 Å². The lowest BCUT2D eigenvalue weighted by atomic mass is 9.91. The second kappa shape index (κ2) is 11.3. The zero-order chi connectivity index (χ0) is 32.1. The number of benzene rings is 2. The van der Waals surface area contributed by atoms with E-state index in [0.717, 1.165) is 59.7 Å². The van der Waals surface area contributed by atoms with Gasteiger partial charge in [-0.3, -0.25) is 9.89 Å². The number of carboxylic acids is 1. The number of aliphatic carboxylic acids is 1. The summed E-state index contributed by atoms with van der Waals surface area (Å²) in [6.07, 6.45) is -2.61. The number of carboxylic acid groups (broad SMARTS) is 1. The van der Waals surface area contributed by atoms with Crippen LogP contribution in [0.4, 0.5) is 33.5 Å². The first-order chi connectivity index (χ1) is 21.4. The van der Waals surface area contributed by atoms with Crippen molar-refractivity contribution in [2.24, 2.45) is 0 Å². The van der Waals surface area contributed by atoms with Gasteiger partial charge in [0, 0.05) is 54.9 Å². The van der Waals surface area contributed by atoms with Gasteiger partial charge >= 0.3 is 18.8 Å². The summed E-state index contributed by atoms with van der Waals surface area (Å²) in [5, 5.41) is 18.7. The van der Waals surface area contributed by atoms with Gasteiger partial charge in [-0.15, -0.1) is 0 Å². The molecule has 10 nitrogen and oxygen atoms in total. The van der Waals surface area contributed by atoms with Crippen molar-refractivity contribution >= 4 is 34.3 Å². The number of carbonyl (C=O) groups excluding carboxylic acids is 1. The first kappa shape index (κ1) is 30.2. The molecule has 4 heterocycles. The summed E-state index contributed by atoms with van der Waals surface area (Å²) in [7, 11) is 2.13. The summed E-state index contributed by atoms with van der Waals surface area (Å²) in [4.78, 5) is 31.2. The van der Waals surface area contributed by atoms with E-state index >= 15 is 0 Å². The molecule has 0 radical (unpaired) electrons. The van der Waals surface area contributed by atoms with Gasteiger partial charge < -0.3 is 25.0 Å². The smallest absolute Gasteiger partial charge is 0.475 e. The van der Waals surface area contributed by atoms with Crippen LogP contribution < -0.4 is 15.0 Å². The van der Waals surface area contributed by atoms with Crippen LogP contribution in [-0.2, 0) is 15.0 Å². The molecule has 1 saturated carbocycles. The zero-order valence-corrected chi connectivity index (χ0v) is 23.7. The van der Waals surface area contributed by atoms with Gasteiger partial charge in [-0.05, 0) is 61.0 Å². The van der Waals surface area contributed by atoms with Gasteiger partial charge in [0.2, 0.25) is 5.91 Å². The number of nitrogens with zero attached hydrogens (tertiary/aromatic N) is 4. The highest BCUT2D eigenvalue weighted by Gasteiger charge is 2.65. The van der Waals surface area contributed by atoms with E-state index in [4.69, 9.17) is 14.9 Å². The maximum Gasteiger partial charge on any atom is 0.490 e. The molecule has 7 rings (SSSR count). The third kappa shape index (κ3) is 5.75. The number of carbonyl (C=O) groups is 2. The van der Waals surface area contributed by atoms with Gasteiger partial charge in [-0.25, -0.2) is 9.78 Å². The Labute approximate surface area is 252 Å². The molecule has 236 valence electrons. The number of rotatable bonds is 5. The summed E-state index contributed by atoms with van der Waals surface area (Å²) in [6.45, 7) is 1.05. The number of nitrogens with one attached hydrogen (secondary N) is 2. The minimum atomic E-state index is -5.08. The van der Waals surface area contributed by atoms with E-state index < -0.39 is 24.2 Å². The average molecular weight is 631 g/mol. The van der Waals surface area contributed by atoms with Crippen molar-refractivity contribution in [2.45, 2.75) is 30.5 Å². The first-order valence-corrected chi connectivity index (χ1v) is 14.0. The van der Waals surface area contributed by atoms with Crippen molar-refractivity contribution < 1.29 is 41.4 Å². The molecule has 2 fully saturated rings. The van der Waals surface area contributed by atoms with Crippen LogP contribution in [0, 0.1) is 0 Å². The number of hydrogen-bond acceptors (Lipinski definition) is 7. The number of ether oxygens (including phenoxy) is 1. The predicted molar refractivity (Wildman–Crippen MR) is 153 cm³/mol. The molecule has 3 N–H and O–H groups in total. The quantitative estimate of drug-likeness (QED) is 0.264. The lowest BCUT2D eigenvalue weighted by molar-refractivity contribution is -0.192. The lowest BCUT2D eigenvalue weighted by Crippen LogP contribution is -2.44. The summed E-state index contributed by atoms with van der Waals surface area (Å²) in [6, 6.07) is 14.8. The molecule has 0 unspecified atom stereocenters. The van der Waals surface area contributed by atoms with E-state index in [9.17, 15) is 26.7 Å². The number of halogens is 5. The van der Waals surface area contributed by atoms with Gasteiger partial charge in [0.1, 0.15) is 17.3 Å². The average Bonchev–Trinajstić information content (AvgIpc) is 3.52. The predicted octanol–water partition coefficient (Wildman–Crippen LogP) is 4.99. The Morgan fingerprint density at radius 3 is 2.47 bits per heavy atom. The number of piperazine rings is 1. The molecule has 45 heavy (non-hydrogen) atoms. The molecule has 2 aromatic heterocycles. The number of fused-ring (bicyclic) bond motifs is 3. The number of anilines is 2. The Hall–Kier alpha value is -4.79. The fourth-order valence-corrected chi connectivity index (χ4v) is 5.97. The van der Waals surface area contributed by atoms with Gasteiger partial charge in [0.05, 0.1) is 10.9 Å². The van der Waals surface area contributed by atoms with Crippen LogP contribution in [0.2, 0.25) is 0 Å². The van der Waals surface area contributed by atoms with E-state index in [1.165, 1.54) is 6.07 Å². The number of likely N-dealkylation sites (N-methyl/N-ethyl adjacent to an activating group) is 1. The Morgan fingerprint density at radius 2 is 1.82 bits per heavy atom. The standard InChI is InChI=1S/C28H26F2N6O2.C2HF3O2/c1-35-8-10-36(11-9-35)24-7-3-17(15-31-24)25-19-5-2-16(12-23(19)33-34-25)21-14-28(21)20-13-18(38-27(29)30)4-6-22(20)32-26(28)37;3-2(4,5)1(6)7/h2-7,12-13,15,21,27H,8-11,14H2,1H3,(H,32,37)(H,33,34);(H,6,7)/t21-,28-;/m0./s1. The molecule has 15 heteroatoms. The lowest BCUT2D eigenvalue weighted by Gasteiger charge is -2.33. The van der Waals surface area contributed by atoms with Crippen molar-refractivity contribution in [2.75, 3.05) is 43.4 Å². The SMILES string of the molecule is CN1CCN(c2ccc(-c3n[nH]c4cc([C@@H]5C[C@@]56C(=O)Nc5ccc(OC(F)F)cc56)ccc34)cn2)CC1.O=C(O)C(F)(F)F. The molecule has 1 spiro atoms. The highest BCUT2D eigenvalue weighted by Crippen LogP contribution is 2.65. The third-order valence-electron chi connectivity index (χ3n) is 8.39. The number of pyridine rings is 1. The van der Waals surface area contributed by atoms with Crippen LogP contribution in [0.5, 0.6) is 5.75 Å². The van der Waals surface area contributed by atoms with Crippen molar-refractivity contribution in [1.29, 1.82) is 0 Å². The Bertz CT molecular complexity index is 1750. The van der Waals surface area contributed by atoms with Gasteiger partial charge in [0.25, 0.3) is 0 Å². The molecule has 4 aromatic rings. The molecule has 2 aliphatic heterocycles. The second-order valence-corrected chi connectivity index (χ2v) is 11.1. The van der Waals surface area contributed by atoms with Crippen LogP contribution in [0.25, 0.3) is 22.2 Å². The molecule has 3 aliphatic rings. The van der Waals surface area contributed by atoms with Gasteiger partial charge in [0.15, 0.2) is 0 Å². The summed E-state index contributed by atoms with van der Waals surface area (Å²) in [5.41, 5.74) is 4.22. The van der Waals surface area contributed by atoms with Crippen molar-refractivity contribution in [3.05, 3.63) is 65.9 Å². The molecule has 2 aromatic carbocycles. The van der Waals surface area contributed by atoms with E-state index in [0.29, 0.717) is 17.7 Å². The van der Waals surface area contributed by atoms with Crippen LogP contribution in [0.1, 0.15) is 23.5 Å². The maximum absolute atomic E-state index is 13.0. The Balaban J connectivity index is 0.000000460. The molecular weight excluding hydrogens is 603 g/mol. The number of hydrogen-bond donors (Lipinski definition) is 3. The van der Waals surface area contributed by atoms with Crippen molar-refractivity contribution in [3.63, 3.8) is 0 Å². The normalized spacial score (nSPS) is 21.0. The number of aromatic amines is 1. The first-order valence-electron chi connectivity index (χ1n) is 14.0. The van der Waals surface area contributed by atoms with Crippen LogP contribution >= 0.6 is 0 Å². The fourth-order valence-electron chi connectivity index (χ4n) is 5.97. The van der Waals surface area contributed by atoms with Crippen molar-refractivity contribution in [3.8, 4) is 17.0 Å². The Kier molecular flexibility index (Phi) is 7.59. The summed E-state index contributed by atoms with van der Waals surface area (Å²) >= 11 is 0. The van der Waals surface area contributed by atoms with E-state index in [-0.39, 0.29) is 17.6 Å². The summed E-state index contributed by atoms with van der Waals surface area (Å²) in [5.74, 6) is -1.90. The maximum atomic E-state index is 13.0. The van der Waals surface area contributed by atoms with Crippen LogP contribution in [0.3, 0.4) is 0 Å². The number of amides is 1. The molecule has 1 aliphatic carbocycles. The number of H-pyrrole nitrogens is 1. The molecule has 1 amide bonds. The van der Waals surface area contributed by atoms with Gasteiger partial charge in [-0.2, -0.15) is 27.1 Å². The number of alkyl halides is 5. The van der Waals surface area contributed by atoms with E-state index in [1.54, 1.807) is 12.1 Å². The minimum absolute atomic E-state index is 0.0567. The highest BCUT2D eigenvalue weighted by atomic mass is 19.4. The fraction of sp³-hybridized carbons (Fsp3) is 0.333. The van der Waals surface area contributed by atoms with E-state index in [1.807, 2.05) is 30.5 Å². The third-order valence-corrected chi connectivity index (χ3v) is 8.39. The topological polar surface area (TPSA) is 124 Å². The monoisotopic (exact) mass is 630 g/mol. The van der Waals surface area contributed by atoms with Crippen LogP contribution in [-0.4, -0.2) is 83.1 Å². The summed E-state index contributed by atoms with van der Waals surface area (Å²) < 4.78 is 61.9.